The molecule has 0 aromatic carbocycles. The van der Waals surface area contributed by atoms with Gasteiger partial charge in [-0.1, -0.05) is 20.8 Å². The third kappa shape index (κ3) is 4.17. The lowest BCUT2D eigenvalue weighted by Gasteiger charge is -2.31. The number of carbonyl (C=O) groups is 1. The predicted molar refractivity (Wildman–Crippen MR) is 91.5 cm³/mol. The Hall–Kier alpha value is -1.73. The topological polar surface area (TPSA) is 80.0 Å². The molecule has 2 aromatic rings. The first kappa shape index (κ1) is 17.6. The molecule has 7 heteroatoms. The van der Waals surface area contributed by atoms with Crippen LogP contribution in [0.5, 0.6) is 0 Å². The van der Waals surface area contributed by atoms with E-state index in [9.17, 15) is 9.90 Å². The van der Waals surface area contributed by atoms with Crippen LogP contribution < -0.4 is 5.32 Å². The number of hydrogen-bond acceptors (Lipinski definition) is 5. The van der Waals surface area contributed by atoms with Crippen molar-refractivity contribution < 1.29 is 9.90 Å². The van der Waals surface area contributed by atoms with Gasteiger partial charge in [-0.3, -0.25) is 9.48 Å². The van der Waals surface area contributed by atoms with Crippen LogP contribution in [0.4, 0.5) is 0 Å². The van der Waals surface area contributed by atoms with E-state index in [0.29, 0.717) is 17.0 Å². The summed E-state index contributed by atoms with van der Waals surface area (Å²) in [7, 11) is 1.85. The molecule has 2 N–H and O–H groups in total. The summed E-state index contributed by atoms with van der Waals surface area (Å²) < 4.78 is 1.71. The number of aryl methyl sites for hydroxylation is 2. The summed E-state index contributed by atoms with van der Waals surface area (Å²) in [6.45, 7) is 8.03. The van der Waals surface area contributed by atoms with Crippen molar-refractivity contribution in [3.63, 3.8) is 0 Å². The monoisotopic (exact) mass is 336 g/mol. The van der Waals surface area contributed by atoms with Crippen LogP contribution in [0.15, 0.2) is 12.4 Å². The molecule has 0 aliphatic carbocycles. The molecule has 0 aliphatic heterocycles. The van der Waals surface area contributed by atoms with Gasteiger partial charge in [0, 0.05) is 31.5 Å². The first-order chi connectivity index (χ1) is 10.7. The molecule has 0 radical (unpaired) electrons. The number of aliphatic hydroxyl groups excluding tert-OH is 1. The van der Waals surface area contributed by atoms with Crippen LogP contribution in [0.3, 0.4) is 0 Å². The summed E-state index contributed by atoms with van der Waals surface area (Å²) >= 11 is 1.37. The second-order valence-corrected chi connectivity index (χ2v) is 7.74. The average Bonchev–Trinajstić information content (AvgIpc) is 3.03. The summed E-state index contributed by atoms with van der Waals surface area (Å²) in [5.41, 5.74) is 1.49. The largest absolute Gasteiger partial charge is 0.396 e. The van der Waals surface area contributed by atoms with Gasteiger partial charge in [-0.2, -0.15) is 5.10 Å². The number of thiazole rings is 1. The van der Waals surface area contributed by atoms with E-state index in [4.69, 9.17) is 0 Å². The van der Waals surface area contributed by atoms with Gasteiger partial charge < -0.3 is 10.4 Å². The van der Waals surface area contributed by atoms with E-state index in [0.717, 1.165) is 10.6 Å². The molecule has 126 valence electrons. The zero-order valence-corrected chi connectivity index (χ0v) is 15.1. The van der Waals surface area contributed by atoms with E-state index in [1.54, 1.807) is 10.9 Å². The molecule has 0 aliphatic rings. The van der Waals surface area contributed by atoms with Crippen LogP contribution in [-0.2, 0) is 7.05 Å². The summed E-state index contributed by atoms with van der Waals surface area (Å²) in [6.07, 6.45) is 4.15. The van der Waals surface area contributed by atoms with Crippen molar-refractivity contribution in [2.45, 2.75) is 40.2 Å². The Balaban J connectivity index is 2.21. The molecule has 23 heavy (non-hydrogen) atoms. The van der Waals surface area contributed by atoms with Gasteiger partial charge in [0.2, 0.25) is 0 Å². The Kier molecular flexibility index (Phi) is 5.21. The molecule has 2 heterocycles. The van der Waals surface area contributed by atoms with Crippen LogP contribution in [0, 0.1) is 12.3 Å². The Morgan fingerprint density at radius 1 is 1.48 bits per heavy atom. The van der Waals surface area contributed by atoms with Crippen LogP contribution in [0.25, 0.3) is 10.6 Å². The number of nitrogens with one attached hydrogen (secondary N) is 1. The minimum absolute atomic E-state index is 0.0465. The Morgan fingerprint density at radius 3 is 2.70 bits per heavy atom. The fourth-order valence-electron chi connectivity index (χ4n) is 2.34. The highest BCUT2D eigenvalue weighted by Crippen LogP contribution is 2.28. The SMILES string of the molecule is Cc1nc(-c2cnn(C)c2)sc1C(=O)NC(CCO)C(C)(C)C. The Bertz CT molecular complexity index is 685. The highest BCUT2D eigenvalue weighted by molar-refractivity contribution is 7.17. The van der Waals surface area contributed by atoms with Crippen LogP contribution in [0.1, 0.15) is 42.6 Å². The lowest BCUT2D eigenvalue weighted by atomic mass is 9.85. The van der Waals surface area contributed by atoms with Crippen molar-refractivity contribution in [1.82, 2.24) is 20.1 Å². The van der Waals surface area contributed by atoms with Gasteiger partial charge in [-0.05, 0) is 18.8 Å². The minimum Gasteiger partial charge on any atom is -0.396 e. The zero-order chi connectivity index (χ0) is 17.2. The van der Waals surface area contributed by atoms with Gasteiger partial charge in [-0.15, -0.1) is 11.3 Å². The normalized spacial score (nSPS) is 13.1. The number of hydrogen-bond donors (Lipinski definition) is 2. The predicted octanol–water partition coefficient (Wildman–Crippen LogP) is 2.38. The number of carbonyl (C=O) groups excluding carboxylic acids is 1. The standard InChI is InChI=1S/C16H24N4O2S/c1-10-13(14(22)19-12(6-7-21)16(2,3)4)23-15(18-10)11-8-17-20(5)9-11/h8-9,12,21H,6-7H2,1-5H3,(H,19,22). The third-order valence-corrected chi connectivity index (χ3v) is 4.93. The Labute approximate surface area is 140 Å². The first-order valence-electron chi connectivity index (χ1n) is 7.60. The van der Waals surface area contributed by atoms with Gasteiger partial charge in [0.25, 0.3) is 5.91 Å². The number of nitrogens with zero attached hydrogens (tertiary/aromatic N) is 3. The summed E-state index contributed by atoms with van der Waals surface area (Å²) in [5, 5.41) is 17.2. The van der Waals surface area contributed by atoms with Crippen molar-refractivity contribution in [3.8, 4) is 10.6 Å². The van der Waals surface area contributed by atoms with E-state index in [1.165, 1.54) is 11.3 Å². The molecular formula is C16H24N4O2S. The maximum atomic E-state index is 12.6. The maximum absolute atomic E-state index is 12.6. The molecule has 1 atom stereocenters. The molecule has 0 fully saturated rings. The van der Waals surface area contributed by atoms with Crippen molar-refractivity contribution in [2.24, 2.45) is 12.5 Å². The number of aliphatic hydroxyl groups is 1. The van der Waals surface area contributed by atoms with Gasteiger partial charge in [-0.25, -0.2) is 4.98 Å². The van der Waals surface area contributed by atoms with Crippen LogP contribution in [0.2, 0.25) is 0 Å². The van der Waals surface area contributed by atoms with Crippen molar-refractivity contribution in [1.29, 1.82) is 0 Å². The van der Waals surface area contributed by atoms with Gasteiger partial charge in [0.1, 0.15) is 9.88 Å². The Morgan fingerprint density at radius 2 is 2.17 bits per heavy atom. The second kappa shape index (κ2) is 6.80. The van der Waals surface area contributed by atoms with E-state index in [-0.39, 0.29) is 24.0 Å². The third-order valence-electron chi connectivity index (χ3n) is 3.72. The summed E-state index contributed by atoms with van der Waals surface area (Å²) in [5.74, 6) is -0.136. The zero-order valence-electron chi connectivity index (χ0n) is 14.3. The molecular weight excluding hydrogens is 312 g/mol. The lowest BCUT2D eigenvalue weighted by molar-refractivity contribution is 0.0888. The van der Waals surface area contributed by atoms with Gasteiger partial charge >= 0.3 is 0 Å². The van der Waals surface area contributed by atoms with Gasteiger partial charge in [0.05, 0.1) is 11.9 Å². The van der Waals surface area contributed by atoms with Gasteiger partial charge in [0.15, 0.2) is 0 Å². The number of rotatable bonds is 5. The molecule has 6 nitrogen and oxygen atoms in total. The van der Waals surface area contributed by atoms with Crippen LogP contribution >= 0.6 is 11.3 Å². The molecule has 1 unspecified atom stereocenters. The quantitative estimate of drug-likeness (QED) is 0.878. The maximum Gasteiger partial charge on any atom is 0.263 e. The summed E-state index contributed by atoms with van der Waals surface area (Å²) in [4.78, 5) is 17.7. The smallest absolute Gasteiger partial charge is 0.263 e. The molecule has 0 saturated heterocycles. The molecule has 0 spiro atoms. The fourth-order valence-corrected chi connectivity index (χ4v) is 3.28. The van der Waals surface area contributed by atoms with Crippen molar-refractivity contribution in [3.05, 3.63) is 23.0 Å². The molecule has 0 saturated carbocycles. The van der Waals surface area contributed by atoms with Crippen molar-refractivity contribution >= 4 is 17.2 Å². The van der Waals surface area contributed by atoms with E-state index in [1.807, 2.05) is 40.9 Å². The summed E-state index contributed by atoms with van der Waals surface area (Å²) in [6, 6.07) is -0.0941. The first-order valence-corrected chi connectivity index (χ1v) is 8.42. The van der Waals surface area contributed by atoms with Crippen molar-refractivity contribution in [2.75, 3.05) is 6.61 Å². The highest BCUT2D eigenvalue weighted by Gasteiger charge is 2.27. The van der Waals surface area contributed by atoms with Crippen LogP contribution in [-0.4, -0.2) is 38.4 Å². The molecule has 2 rings (SSSR count). The lowest BCUT2D eigenvalue weighted by Crippen LogP contribution is -2.44. The number of amides is 1. The second-order valence-electron chi connectivity index (χ2n) is 6.74. The van der Waals surface area contributed by atoms with E-state index < -0.39 is 0 Å². The molecule has 0 bridgehead atoms. The minimum atomic E-state index is -0.136. The highest BCUT2D eigenvalue weighted by atomic mass is 32.1. The number of aromatic nitrogens is 3. The molecule has 2 aromatic heterocycles. The molecule has 1 amide bonds. The van der Waals surface area contributed by atoms with E-state index in [2.05, 4.69) is 15.4 Å². The average molecular weight is 336 g/mol. The fraction of sp³-hybridized carbons (Fsp3) is 0.562. The van der Waals surface area contributed by atoms with E-state index >= 15 is 0 Å².